The molecule has 0 amide bonds. The van der Waals surface area contributed by atoms with Crippen LogP contribution in [0.15, 0.2) is 42.7 Å². The van der Waals surface area contributed by atoms with Crippen LogP contribution in [0, 0.1) is 5.92 Å². The zero-order chi connectivity index (χ0) is 16.9. The van der Waals surface area contributed by atoms with Gasteiger partial charge < -0.3 is 10.4 Å². The van der Waals surface area contributed by atoms with Crippen LogP contribution in [0.3, 0.4) is 0 Å². The first-order valence-corrected chi connectivity index (χ1v) is 8.20. The highest BCUT2D eigenvalue weighted by Gasteiger charge is 2.26. The van der Waals surface area contributed by atoms with Gasteiger partial charge in [-0.3, -0.25) is 4.90 Å². The molecule has 2 unspecified atom stereocenters. The van der Waals surface area contributed by atoms with Crippen molar-refractivity contribution >= 4 is 11.9 Å². The van der Waals surface area contributed by atoms with E-state index in [9.17, 15) is 4.79 Å². The van der Waals surface area contributed by atoms with E-state index in [-0.39, 0.29) is 5.56 Å². The molecule has 6 heteroatoms. The third kappa shape index (κ3) is 4.08. The van der Waals surface area contributed by atoms with Gasteiger partial charge in [0.2, 0.25) is 5.95 Å². The fraction of sp³-hybridized carbons (Fsp3) is 0.389. The lowest BCUT2D eigenvalue weighted by Gasteiger charge is -2.37. The largest absolute Gasteiger partial charge is 0.478 e. The van der Waals surface area contributed by atoms with E-state index >= 15 is 0 Å². The first-order valence-electron chi connectivity index (χ1n) is 8.20. The number of benzene rings is 1. The van der Waals surface area contributed by atoms with Crippen molar-refractivity contribution in [2.45, 2.75) is 25.9 Å². The van der Waals surface area contributed by atoms with Gasteiger partial charge in [-0.2, -0.15) is 0 Å². The predicted molar refractivity (Wildman–Crippen MR) is 91.9 cm³/mol. The van der Waals surface area contributed by atoms with Crippen molar-refractivity contribution in [2.24, 2.45) is 5.92 Å². The average Bonchev–Trinajstić information content (AvgIpc) is 2.59. The van der Waals surface area contributed by atoms with E-state index in [1.807, 2.05) is 6.07 Å². The fourth-order valence-corrected chi connectivity index (χ4v) is 3.11. The molecule has 126 valence electrons. The molecular formula is C18H22N4O2. The molecule has 0 bridgehead atoms. The number of carboxylic acid groups (broad SMARTS) is 1. The van der Waals surface area contributed by atoms with Crippen molar-refractivity contribution in [3.63, 3.8) is 0 Å². The summed E-state index contributed by atoms with van der Waals surface area (Å²) in [7, 11) is 0. The lowest BCUT2D eigenvalue weighted by Crippen LogP contribution is -2.45. The van der Waals surface area contributed by atoms with Crippen LogP contribution < -0.4 is 5.32 Å². The van der Waals surface area contributed by atoms with Crippen LogP contribution >= 0.6 is 0 Å². The molecule has 2 heterocycles. The van der Waals surface area contributed by atoms with Gasteiger partial charge in [-0.05, 0) is 17.9 Å². The molecule has 0 radical (unpaired) electrons. The highest BCUT2D eigenvalue weighted by Crippen LogP contribution is 2.21. The zero-order valence-electron chi connectivity index (χ0n) is 13.7. The van der Waals surface area contributed by atoms with Crippen LogP contribution in [0.4, 0.5) is 5.95 Å². The van der Waals surface area contributed by atoms with E-state index < -0.39 is 5.97 Å². The highest BCUT2D eigenvalue weighted by atomic mass is 16.4. The number of rotatable bonds is 5. The van der Waals surface area contributed by atoms with Crippen molar-refractivity contribution in [1.29, 1.82) is 0 Å². The van der Waals surface area contributed by atoms with Gasteiger partial charge in [0.1, 0.15) is 0 Å². The number of aromatic nitrogens is 2. The lowest BCUT2D eigenvalue weighted by atomic mass is 9.93. The molecule has 1 saturated heterocycles. The van der Waals surface area contributed by atoms with E-state index in [4.69, 9.17) is 5.11 Å². The van der Waals surface area contributed by atoms with E-state index in [2.05, 4.69) is 51.4 Å². The molecule has 24 heavy (non-hydrogen) atoms. The third-order valence-corrected chi connectivity index (χ3v) is 4.45. The van der Waals surface area contributed by atoms with Crippen molar-refractivity contribution < 1.29 is 9.90 Å². The number of nitrogens with zero attached hydrogens (tertiary/aromatic N) is 3. The Hall–Kier alpha value is -2.47. The molecule has 2 atom stereocenters. The van der Waals surface area contributed by atoms with Crippen LogP contribution in [0.2, 0.25) is 0 Å². The Morgan fingerprint density at radius 3 is 2.62 bits per heavy atom. The maximum atomic E-state index is 10.8. The second-order valence-corrected chi connectivity index (χ2v) is 6.34. The molecular weight excluding hydrogens is 304 g/mol. The van der Waals surface area contributed by atoms with Gasteiger partial charge in [-0.25, -0.2) is 14.8 Å². The smallest absolute Gasteiger partial charge is 0.338 e. The van der Waals surface area contributed by atoms with Gasteiger partial charge in [-0.1, -0.05) is 37.3 Å². The second-order valence-electron chi connectivity index (χ2n) is 6.34. The summed E-state index contributed by atoms with van der Waals surface area (Å²) >= 11 is 0. The number of hydrogen-bond acceptors (Lipinski definition) is 5. The Balaban J connectivity index is 1.55. The molecule has 0 saturated carbocycles. The first kappa shape index (κ1) is 16.4. The summed E-state index contributed by atoms with van der Waals surface area (Å²) < 4.78 is 0. The summed E-state index contributed by atoms with van der Waals surface area (Å²) in [6.45, 7) is 5.23. The summed E-state index contributed by atoms with van der Waals surface area (Å²) in [5.74, 6) is -0.0530. The number of nitrogens with one attached hydrogen (secondary N) is 1. The van der Waals surface area contributed by atoms with Crippen LogP contribution in [-0.2, 0) is 6.54 Å². The fourth-order valence-electron chi connectivity index (χ4n) is 3.11. The van der Waals surface area contributed by atoms with Crippen molar-refractivity contribution in [3.05, 3.63) is 53.9 Å². The van der Waals surface area contributed by atoms with Crippen LogP contribution in [-0.4, -0.2) is 45.1 Å². The monoisotopic (exact) mass is 326 g/mol. The Morgan fingerprint density at radius 1 is 1.29 bits per heavy atom. The molecule has 0 spiro atoms. The van der Waals surface area contributed by atoms with Gasteiger partial charge in [0.15, 0.2) is 0 Å². The number of aromatic carboxylic acids is 1. The third-order valence-electron chi connectivity index (χ3n) is 4.45. The summed E-state index contributed by atoms with van der Waals surface area (Å²) in [5.41, 5.74) is 1.44. The molecule has 3 rings (SSSR count). The number of carboxylic acids is 1. The minimum absolute atomic E-state index is 0.103. The summed E-state index contributed by atoms with van der Waals surface area (Å²) in [5, 5.41) is 12.2. The summed E-state index contributed by atoms with van der Waals surface area (Å²) in [4.78, 5) is 21.5. The van der Waals surface area contributed by atoms with Crippen molar-refractivity contribution in [1.82, 2.24) is 14.9 Å². The molecule has 0 aliphatic carbocycles. The van der Waals surface area contributed by atoms with E-state index in [0.717, 1.165) is 26.1 Å². The Bertz CT molecular complexity index is 675. The van der Waals surface area contributed by atoms with E-state index in [1.54, 1.807) is 0 Å². The standard InChI is InChI=1S/C18H22N4O2/c1-13-11-22(12-14-5-3-2-4-6-14)8-7-16(13)21-18-19-9-15(10-20-18)17(23)24/h2-6,9-10,13,16H,7-8,11-12H2,1H3,(H,23,24)(H,19,20,21). The van der Waals surface area contributed by atoms with Crippen molar-refractivity contribution in [2.75, 3.05) is 18.4 Å². The van der Waals surface area contributed by atoms with Gasteiger partial charge in [0.25, 0.3) is 0 Å². The van der Waals surface area contributed by atoms with Gasteiger partial charge in [-0.15, -0.1) is 0 Å². The van der Waals surface area contributed by atoms with E-state index in [1.165, 1.54) is 18.0 Å². The molecule has 2 N–H and O–H groups in total. The zero-order valence-corrected chi connectivity index (χ0v) is 13.7. The van der Waals surface area contributed by atoms with Crippen LogP contribution in [0.1, 0.15) is 29.3 Å². The normalized spacial score (nSPS) is 21.4. The Labute approximate surface area is 141 Å². The molecule has 1 aliphatic rings. The summed E-state index contributed by atoms with van der Waals surface area (Å²) in [6, 6.07) is 10.8. The molecule has 1 aliphatic heterocycles. The summed E-state index contributed by atoms with van der Waals surface area (Å²) in [6.07, 6.45) is 3.69. The number of hydrogen-bond donors (Lipinski definition) is 2. The minimum Gasteiger partial charge on any atom is -0.478 e. The number of likely N-dealkylation sites (tertiary alicyclic amines) is 1. The molecule has 1 fully saturated rings. The number of anilines is 1. The van der Waals surface area contributed by atoms with Gasteiger partial charge >= 0.3 is 5.97 Å². The Kier molecular flexibility index (Phi) is 5.05. The highest BCUT2D eigenvalue weighted by molar-refractivity contribution is 5.86. The molecule has 6 nitrogen and oxygen atoms in total. The molecule has 1 aromatic heterocycles. The quantitative estimate of drug-likeness (QED) is 0.879. The number of carbonyl (C=O) groups is 1. The average molecular weight is 326 g/mol. The first-order chi connectivity index (χ1) is 11.6. The minimum atomic E-state index is -1.01. The van der Waals surface area contributed by atoms with E-state index in [0.29, 0.717) is 17.9 Å². The maximum absolute atomic E-state index is 10.8. The second kappa shape index (κ2) is 7.40. The molecule has 1 aromatic carbocycles. The van der Waals surface area contributed by atoms with Crippen LogP contribution in [0.25, 0.3) is 0 Å². The van der Waals surface area contributed by atoms with Gasteiger partial charge in [0, 0.05) is 38.1 Å². The number of piperidine rings is 1. The SMILES string of the molecule is CC1CN(Cc2ccccc2)CCC1Nc1ncc(C(=O)O)cn1. The Morgan fingerprint density at radius 2 is 2.00 bits per heavy atom. The van der Waals surface area contributed by atoms with Crippen molar-refractivity contribution in [3.8, 4) is 0 Å². The topological polar surface area (TPSA) is 78.4 Å². The predicted octanol–water partition coefficient (Wildman–Crippen LogP) is 2.50. The maximum Gasteiger partial charge on any atom is 0.338 e. The van der Waals surface area contributed by atoms with Crippen LogP contribution in [0.5, 0.6) is 0 Å². The lowest BCUT2D eigenvalue weighted by molar-refractivity contribution is 0.0696. The van der Waals surface area contributed by atoms with Gasteiger partial charge in [0.05, 0.1) is 5.56 Å². The molecule has 2 aromatic rings.